The van der Waals surface area contributed by atoms with Crippen molar-refractivity contribution in [1.82, 2.24) is 20.2 Å². The minimum absolute atomic E-state index is 0.160. The second-order valence-electron chi connectivity index (χ2n) is 6.57. The molecule has 0 aliphatic carbocycles. The fourth-order valence-corrected chi connectivity index (χ4v) is 3.45. The zero-order chi connectivity index (χ0) is 17.6. The van der Waals surface area contributed by atoms with Crippen LogP contribution in [0.4, 0.5) is 11.6 Å². The van der Waals surface area contributed by atoms with Gasteiger partial charge in [0.15, 0.2) is 0 Å². The molecule has 138 valence electrons. The quantitative estimate of drug-likeness (QED) is 0.766. The second-order valence-corrected chi connectivity index (χ2v) is 6.57. The van der Waals surface area contributed by atoms with Crippen molar-refractivity contribution in [3.05, 3.63) is 12.4 Å². The number of carbonyl (C=O) groups excluding carboxylic acids is 1. The Bertz CT molecular complexity index is 578. The SMILES string of the molecule is CNc1cc(N2CCC[C@@H]2CN[C@H](C)C(=O)N2CCOCC2)ncn1. The summed E-state index contributed by atoms with van der Waals surface area (Å²) in [6, 6.07) is 2.14. The third-order valence-electron chi connectivity index (χ3n) is 4.93. The monoisotopic (exact) mass is 348 g/mol. The number of rotatable bonds is 6. The van der Waals surface area contributed by atoms with E-state index in [1.807, 2.05) is 24.9 Å². The van der Waals surface area contributed by atoms with Gasteiger partial charge in [0, 0.05) is 45.3 Å². The number of carbonyl (C=O) groups is 1. The molecule has 0 spiro atoms. The van der Waals surface area contributed by atoms with Gasteiger partial charge < -0.3 is 25.2 Å². The van der Waals surface area contributed by atoms with Crippen LogP contribution < -0.4 is 15.5 Å². The Hall–Kier alpha value is -1.93. The molecule has 1 aromatic rings. The van der Waals surface area contributed by atoms with Crippen molar-refractivity contribution in [3.8, 4) is 0 Å². The van der Waals surface area contributed by atoms with Gasteiger partial charge in [0.25, 0.3) is 0 Å². The highest BCUT2D eigenvalue weighted by Gasteiger charge is 2.28. The maximum absolute atomic E-state index is 12.5. The first-order valence-electron chi connectivity index (χ1n) is 9.05. The van der Waals surface area contributed by atoms with Crippen LogP contribution in [-0.2, 0) is 9.53 Å². The minimum atomic E-state index is -0.182. The Kier molecular flexibility index (Phi) is 6.04. The number of amides is 1. The Labute approximate surface area is 148 Å². The minimum Gasteiger partial charge on any atom is -0.378 e. The number of hydrogen-bond donors (Lipinski definition) is 2. The zero-order valence-electron chi connectivity index (χ0n) is 15.1. The Morgan fingerprint density at radius 3 is 2.92 bits per heavy atom. The van der Waals surface area contributed by atoms with E-state index in [1.165, 1.54) is 0 Å². The standard InChI is InChI=1S/C17H28N6O2/c1-13(17(24)22-6-8-25-9-7-22)19-11-14-4-3-5-23(14)16-10-15(18-2)20-12-21-16/h10,12-14,19H,3-9,11H2,1-2H3,(H,18,20,21)/t13-,14-/m1/s1. The molecule has 3 rings (SSSR count). The largest absolute Gasteiger partial charge is 0.378 e. The van der Waals surface area contributed by atoms with Crippen LogP contribution in [0.15, 0.2) is 12.4 Å². The number of nitrogens with one attached hydrogen (secondary N) is 2. The summed E-state index contributed by atoms with van der Waals surface area (Å²) in [4.78, 5) is 25.3. The second kappa shape index (κ2) is 8.44. The lowest BCUT2D eigenvalue weighted by Gasteiger charge is -2.31. The summed E-state index contributed by atoms with van der Waals surface area (Å²) < 4.78 is 5.31. The van der Waals surface area contributed by atoms with Crippen molar-refractivity contribution < 1.29 is 9.53 Å². The molecule has 1 amide bonds. The molecule has 2 aliphatic rings. The summed E-state index contributed by atoms with van der Waals surface area (Å²) in [5, 5.41) is 6.47. The van der Waals surface area contributed by atoms with Crippen LogP contribution in [0.3, 0.4) is 0 Å². The van der Waals surface area contributed by atoms with Gasteiger partial charge in [0.05, 0.1) is 19.3 Å². The van der Waals surface area contributed by atoms with E-state index in [4.69, 9.17) is 4.74 Å². The molecule has 1 aromatic heterocycles. The van der Waals surface area contributed by atoms with Crippen LogP contribution >= 0.6 is 0 Å². The maximum Gasteiger partial charge on any atom is 0.239 e. The molecule has 3 heterocycles. The molecule has 2 N–H and O–H groups in total. The van der Waals surface area contributed by atoms with Crippen LogP contribution in [-0.4, -0.2) is 79.3 Å². The molecule has 2 fully saturated rings. The molecule has 8 heteroatoms. The first-order chi connectivity index (χ1) is 12.2. The number of morpholine rings is 1. The predicted octanol–water partition coefficient (Wildman–Crippen LogP) is 0.324. The number of aromatic nitrogens is 2. The summed E-state index contributed by atoms with van der Waals surface area (Å²) in [6.07, 6.45) is 3.83. The first kappa shape index (κ1) is 17.9. The van der Waals surface area contributed by atoms with Crippen molar-refractivity contribution in [1.29, 1.82) is 0 Å². The molecule has 8 nitrogen and oxygen atoms in total. The van der Waals surface area contributed by atoms with Gasteiger partial charge in [0.2, 0.25) is 5.91 Å². The summed E-state index contributed by atoms with van der Waals surface area (Å²) >= 11 is 0. The van der Waals surface area contributed by atoms with Gasteiger partial charge in [-0.3, -0.25) is 4.79 Å². The van der Waals surface area contributed by atoms with E-state index in [1.54, 1.807) is 6.33 Å². The lowest BCUT2D eigenvalue weighted by atomic mass is 10.2. The molecule has 0 radical (unpaired) electrons. The van der Waals surface area contributed by atoms with Gasteiger partial charge in [0.1, 0.15) is 18.0 Å². The normalized spacial score (nSPS) is 22.1. The Morgan fingerprint density at radius 2 is 2.16 bits per heavy atom. The molecule has 0 unspecified atom stereocenters. The molecular formula is C17H28N6O2. The van der Waals surface area contributed by atoms with Gasteiger partial charge in [-0.15, -0.1) is 0 Å². The average molecular weight is 348 g/mol. The van der Waals surface area contributed by atoms with E-state index in [0.29, 0.717) is 32.3 Å². The zero-order valence-corrected chi connectivity index (χ0v) is 15.1. The van der Waals surface area contributed by atoms with Crippen molar-refractivity contribution >= 4 is 17.5 Å². The molecular weight excluding hydrogens is 320 g/mol. The first-order valence-corrected chi connectivity index (χ1v) is 9.05. The van der Waals surface area contributed by atoms with Crippen LogP contribution in [0, 0.1) is 0 Å². The molecule has 2 aliphatic heterocycles. The van der Waals surface area contributed by atoms with Crippen LogP contribution in [0.25, 0.3) is 0 Å². The van der Waals surface area contributed by atoms with Crippen molar-refractivity contribution in [2.45, 2.75) is 31.8 Å². The van der Waals surface area contributed by atoms with Crippen LogP contribution in [0.1, 0.15) is 19.8 Å². The lowest BCUT2D eigenvalue weighted by Crippen LogP contribution is -2.51. The molecule has 25 heavy (non-hydrogen) atoms. The number of ether oxygens (including phenoxy) is 1. The third kappa shape index (κ3) is 4.38. The molecule has 2 saturated heterocycles. The smallest absolute Gasteiger partial charge is 0.239 e. The van der Waals surface area contributed by atoms with Gasteiger partial charge in [-0.1, -0.05) is 0 Å². The van der Waals surface area contributed by atoms with Crippen molar-refractivity contribution in [3.63, 3.8) is 0 Å². The van der Waals surface area contributed by atoms with Crippen LogP contribution in [0.2, 0.25) is 0 Å². The molecule has 2 atom stereocenters. The van der Waals surface area contributed by atoms with E-state index >= 15 is 0 Å². The van der Waals surface area contributed by atoms with E-state index < -0.39 is 0 Å². The average Bonchev–Trinajstić information content (AvgIpc) is 3.15. The summed E-state index contributed by atoms with van der Waals surface area (Å²) in [7, 11) is 1.86. The summed E-state index contributed by atoms with van der Waals surface area (Å²) in [6.45, 7) is 6.35. The molecule has 0 bridgehead atoms. The summed E-state index contributed by atoms with van der Waals surface area (Å²) in [5.41, 5.74) is 0. The lowest BCUT2D eigenvalue weighted by molar-refractivity contribution is -0.137. The molecule has 0 saturated carbocycles. The van der Waals surface area contributed by atoms with E-state index in [-0.39, 0.29) is 11.9 Å². The Morgan fingerprint density at radius 1 is 1.36 bits per heavy atom. The number of anilines is 2. The topological polar surface area (TPSA) is 82.6 Å². The predicted molar refractivity (Wildman–Crippen MR) is 96.8 cm³/mol. The van der Waals surface area contributed by atoms with E-state index in [0.717, 1.165) is 37.6 Å². The van der Waals surface area contributed by atoms with E-state index in [9.17, 15) is 4.79 Å². The highest BCUT2D eigenvalue weighted by Crippen LogP contribution is 2.24. The van der Waals surface area contributed by atoms with Gasteiger partial charge >= 0.3 is 0 Å². The van der Waals surface area contributed by atoms with Gasteiger partial charge in [-0.25, -0.2) is 9.97 Å². The highest BCUT2D eigenvalue weighted by molar-refractivity contribution is 5.81. The molecule has 0 aromatic carbocycles. The maximum atomic E-state index is 12.5. The fourth-order valence-electron chi connectivity index (χ4n) is 3.45. The van der Waals surface area contributed by atoms with Gasteiger partial charge in [-0.2, -0.15) is 0 Å². The van der Waals surface area contributed by atoms with Crippen LogP contribution in [0.5, 0.6) is 0 Å². The number of hydrogen-bond acceptors (Lipinski definition) is 7. The van der Waals surface area contributed by atoms with Gasteiger partial charge in [-0.05, 0) is 19.8 Å². The Balaban J connectivity index is 1.55. The van der Waals surface area contributed by atoms with Crippen molar-refractivity contribution in [2.24, 2.45) is 0 Å². The fraction of sp³-hybridized carbons (Fsp3) is 0.706. The number of nitrogens with zero attached hydrogens (tertiary/aromatic N) is 4. The third-order valence-corrected chi connectivity index (χ3v) is 4.93. The van der Waals surface area contributed by atoms with E-state index in [2.05, 4.69) is 25.5 Å². The highest BCUT2D eigenvalue weighted by atomic mass is 16.5. The summed E-state index contributed by atoms with van der Waals surface area (Å²) in [5.74, 6) is 1.92. The van der Waals surface area contributed by atoms with Crippen molar-refractivity contribution in [2.75, 3.05) is 56.7 Å².